The molecule has 0 spiro atoms. The van der Waals surface area contributed by atoms with Crippen molar-refractivity contribution in [2.24, 2.45) is 5.92 Å². The van der Waals surface area contributed by atoms with Gasteiger partial charge < -0.3 is 10.1 Å². The number of amides is 1. The minimum Gasteiger partial charge on any atom is -0.381 e. The summed E-state index contributed by atoms with van der Waals surface area (Å²) in [7, 11) is 1.55. The number of carbonyl (C=O) groups excluding carboxylic acids is 1. The van der Waals surface area contributed by atoms with Crippen LogP contribution in [0.3, 0.4) is 0 Å². The summed E-state index contributed by atoms with van der Waals surface area (Å²) in [6.07, 6.45) is 1.73. The van der Waals surface area contributed by atoms with Crippen LogP contribution >= 0.6 is 22.0 Å². The molecule has 1 aliphatic rings. The first-order valence-corrected chi connectivity index (χ1v) is 8.98. The molecular formula is C11H14ClNO4S2. The van der Waals surface area contributed by atoms with Crippen LogP contribution in [0.2, 0.25) is 0 Å². The second-order valence-corrected chi connectivity index (χ2v) is 8.25. The summed E-state index contributed by atoms with van der Waals surface area (Å²) < 4.78 is 27.6. The summed E-state index contributed by atoms with van der Waals surface area (Å²) in [6, 6.07) is 3.09. The van der Waals surface area contributed by atoms with Crippen LogP contribution in [0.5, 0.6) is 0 Å². The quantitative estimate of drug-likeness (QED) is 0.856. The summed E-state index contributed by atoms with van der Waals surface area (Å²) in [4.78, 5) is 12.6. The van der Waals surface area contributed by atoms with E-state index in [4.69, 9.17) is 15.4 Å². The second-order valence-electron chi connectivity index (χ2n) is 4.29. The number of thiophene rings is 1. The van der Waals surface area contributed by atoms with Crippen LogP contribution in [0, 0.1) is 5.92 Å². The van der Waals surface area contributed by atoms with Gasteiger partial charge in [0.1, 0.15) is 4.21 Å². The van der Waals surface area contributed by atoms with Gasteiger partial charge in [0, 0.05) is 22.2 Å². The molecule has 1 unspecified atom stereocenters. The smallest absolute Gasteiger partial charge is 0.270 e. The summed E-state index contributed by atoms with van der Waals surface area (Å²) in [6.45, 7) is 1.48. The highest BCUT2D eigenvalue weighted by molar-refractivity contribution is 8.15. The van der Waals surface area contributed by atoms with Gasteiger partial charge >= 0.3 is 0 Å². The zero-order valence-electron chi connectivity index (χ0n) is 10.1. The van der Waals surface area contributed by atoms with Crippen LogP contribution in [-0.2, 0) is 25.1 Å². The molecule has 2 rings (SSSR count). The second kappa shape index (κ2) is 6.21. The van der Waals surface area contributed by atoms with Crippen molar-refractivity contribution in [1.82, 2.24) is 5.32 Å². The van der Waals surface area contributed by atoms with Gasteiger partial charge in [0.25, 0.3) is 9.05 Å². The lowest BCUT2D eigenvalue weighted by molar-refractivity contribution is -0.129. The first-order valence-electron chi connectivity index (χ1n) is 5.85. The van der Waals surface area contributed by atoms with E-state index >= 15 is 0 Å². The van der Waals surface area contributed by atoms with Crippen molar-refractivity contribution in [3.8, 4) is 0 Å². The Morgan fingerprint density at radius 2 is 2.32 bits per heavy atom. The van der Waals surface area contributed by atoms with E-state index < -0.39 is 9.05 Å². The average Bonchev–Trinajstić information content (AvgIpc) is 2.86. The van der Waals surface area contributed by atoms with Crippen molar-refractivity contribution in [3.05, 3.63) is 17.0 Å². The van der Waals surface area contributed by atoms with Crippen LogP contribution in [0.25, 0.3) is 0 Å². The van der Waals surface area contributed by atoms with Gasteiger partial charge in [-0.3, -0.25) is 4.79 Å². The highest BCUT2D eigenvalue weighted by atomic mass is 35.7. The van der Waals surface area contributed by atoms with Crippen molar-refractivity contribution >= 4 is 37.0 Å². The molecule has 0 radical (unpaired) electrons. The fourth-order valence-electron chi connectivity index (χ4n) is 1.85. The lowest BCUT2D eigenvalue weighted by Gasteiger charge is -2.20. The van der Waals surface area contributed by atoms with Gasteiger partial charge in [-0.2, -0.15) is 0 Å². The molecule has 5 nitrogen and oxygen atoms in total. The van der Waals surface area contributed by atoms with Crippen LogP contribution in [0.15, 0.2) is 16.3 Å². The molecule has 8 heteroatoms. The molecule has 0 aromatic carbocycles. The zero-order valence-corrected chi connectivity index (χ0v) is 12.5. The number of halogens is 1. The Hall–Kier alpha value is -0.630. The molecule has 0 aliphatic carbocycles. The van der Waals surface area contributed by atoms with Crippen molar-refractivity contribution < 1.29 is 17.9 Å². The predicted molar refractivity (Wildman–Crippen MR) is 72.7 cm³/mol. The molecule has 106 valence electrons. The van der Waals surface area contributed by atoms with Gasteiger partial charge in [-0.05, 0) is 25.0 Å². The summed E-state index contributed by atoms with van der Waals surface area (Å²) in [5, 5.41) is 2.79. The maximum absolute atomic E-state index is 11.8. The van der Waals surface area contributed by atoms with E-state index in [1.165, 1.54) is 6.07 Å². The lowest BCUT2D eigenvalue weighted by Crippen LogP contribution is -2.35. The number of hydrogen-bond acceptors (Lipinski definition) is 5. The van der Waals surface area contributed by atoms with Gasteiger partial charge in [-0.25, -0.2) is 8.42 Å². The molecule has 1 fully saturated rings. The maximum Gasteiger partial charge on any atom is 0.270 e. The Kier molecular flexibility index (Phi) is 4.83. The Bertz CT molecular complexity index is 549. The van der Waals surface area contributed by atoms with Crippen molar-refractivity contribution in [2.75, 3.05) is 13.2 Å². The first kappa shape index (κ1) is 14.8. The lowest BCUT2D eigenvalue weighted by atomic mass is 10.0. The van der Waals surface area contributed by atoms with Gasteiger partial charge in [-0.15, -0.1) is 11.3 Å². The number of hydrogen-bond donors (Lipinski definition) is 1. The van der Waals surface area contributed by atoms with Crippen molar-refractivity contribution in [1.29, 1.82) is 0 Å². The molecule has 0 saturated carbocycles. The Balaban J connectivity index is 1.88. The molecule has 19 heavy (non-hydrogen) atoms. The number of ether oxygens (including phenoxy) is 1. The van der Waals surface area contributed by atoms with Gasteiger partial charge in [0.05, 0.1) is 19.1 Å². The minimum absolute atomic E-state index is 0.0524. The Morgan fingerprint density at radius 3 is 2.89 bits per heavy atom. The number of nitrogens with one attached hydrogen (secondary N) is 1. The van der Waals surface area contributed by atoms with Crippen LogP contribution in [0.4, 0.5) is 0 Å². The molecule has 1 aromatic heterocycles. The summed E-state index contributed by atoms with van der Waals surface area (Å²) in [5.74, 6) is -0.159. The van der Waals surface area contributed by atoms with Crippen molar-refractivity contribution in [3.63, 3.8) is 0 Å². The average molecular weight is 324 g/mol. The standard InChI is InChI=1S/C11H14ClNO4S2/c12-19(15,16)10-4-3-9(18-10)6-13-11(14)8-2-1-5-17-7-8/h3-4,8H,1-2,5-7H2,(H,13,14). The maximum atomic E-state index is 11.8. The molecule has 1 aliphatic heterocycles. The van der Waals surface area contributed by atoms with E-state index in [0.717, 1.165) is 29.1 Å². The minimum atomic E-state index is -3.68. The fraction of sp³-hybridized carbons (Fsp3) is 0.545. The van der Waals surface area contributed by atoms with Gasteiger partial charge in [0.2, 0.25) is 5.91 Å². The Labute approximate surface area is 120 Å². The molecule has 1 amide bonds. The summed E-state index contributed by atoms with van der Waals surface area (Å²) >= 11 is 1.06. The zero-order chi connectivity index (χ0) is 13.9. The predicted octanol–water partition coefficient (Wildman–Crippen LogP) is 1.72. The molecule has 1 atom stereocenters. The molecule has 1 N–H and O–H groups in total. The van der Waals surface area contributed by atoms with E-state index in [2.05, 4.69) is 5.32 Å². The molecule has 0 bridgehead atoms. The molecule has 1 aromatic rings. The van der Waals surface area contributed by atoms with E-state index in [1.807, 2.05) is 0 Å². The largest absolute Gasteiger partial charge is 0.381 e. The van der Waals surface area contributed by atoms with E-state index in [-0.39, 0.29) is 16.0 Å². The van der Waals surface area contributed by atoms with Crippen LogP contribution < -0.4 is 5.32 Å². The van der Waals surface area contributed by atoms with E-state index in [0.29, 0.717) is 19.8 Å². The molecular weight excluding hydrogens is 310 g/mol. The third-order valence-electron chi connectivity index (χ3n) is 2.85. The normalized spacial score (nSPS) is 20.2. The molecule has 2 heterocycles. The Morgan fingerprint density at radius 1 is 1.53 bits per heavy atom. The SMILES string of the molecule is O=C(NCc1ccc(S(=O)(=O)Cl)s1)C1CCCOC1. The first-order chi connectivity index (χ1) is 8.97. The van der Waals surface area contributed by atoms with Crippen LogP contribution in [0.1, 0.15) is 17.7 Å². The topological polar surface area (TPSA) is 72.5 Å². The third kappa shape index (κ3) is 4.17. The van der Waals surface area contributed by atoms with Gasteiger partial charge in [0.15, 0.2) is 0 Å². The number of rotatable bonds is 4. The van der Waals surface area contributed by atoms with Crippen LogP contribution in [-0.4, -0.2) is 27.5 Å². The van der Waals surface area contributed by atoms with E-state index in [1.54, 1.807) is 6.07 Å². The fourth-order valence-corrected chi connectivity index (χ4v) is 3.91. The molecule has 1 saturated heterocycles. The third-order valence-corrected chi connectivity index (χ3v) is 6.02. The van der Waals surface area contributed by atoms with Gasteiger partial charge in [-0.1, -0.05) is 0 Å². The monoisotopic (exact) mass is 323 g/mol. The van der Waals surface area contributed by atoms with Crippen molar-refractivity contribution in [2.45, 2.75) is 23.6 Å². The summed E-state index contributed by atoms with van der Waals surface area (Å²) in [5.41, 5.74) is 0. The highest BCUT2D eigenvalue weighted by Crippen LogP contribution is 2.24. The number of carbonyl (C=O) groups is 1. The highest BCUT2D eigenvalue weighted by Gasteiger charge is 2.21. The van der Waals surface area contributed by atoms with E-state index in [9.17, 15) is 13.2 Å².